The fraction of sp³-hybridized carbons (Fsp3) is 1.00. The standard InChI is InChI=1S/C10H27NO2Si2/c1-7-12-15(6,13-8-2)10-9-11-14(3,4)5/h11H,7-10H2,1-6H3. The highest BCUT2D eigenvalue weighted by molar-refractivity contribution is 6.73. The van der Waals surface area contributed by atoms with Gasteiger partial charge in [-0.25, -0.2) is 0 Å². The van der Waals surface area contributed by atoms with Crippen molar-refractivity contribution >= 4 is 16.8 Å². The molecule has 0 aliphatic heterocycles. The van der Waals surface area contributed by atoms with Gasteiger partial charge in [-0.15, -0.1) is 0 Å². The molecule has 0 heterocycles. The van der Waals surface area contributed by atoms with E-state index in [9.17, 15) is 0 Å². The van der Waals surface area contributed by atoms with Crippen molar-refractivity contribution in [3.05, 3.63) is 0 Å². The molecular weight excluding hydrogens is 222 g/mol. The Bertz CT molecular complexity index is 165. The minimum absolute atomic E-state index is 0.760. The van der Waals surface area contributed by atoms with Gasteiger partial charge in [0, 0.05) is 19.3 Å². The van der Waals surface area contributed by atoms with E-state index in [0.29, 0.717) is 0 Å². The molecule has 0 saturated heterocycles. The van der Waals surface area contributed by atoms with Crippen molar-refractivity contribution in [2.24, 2.45) is 0 Å². The molecule has 0 bridgehead atoms. The maximum Gasteiger partial charge on any atom is 0.336 e. The summed E-state index contributed by atoms with van der Waals surface area (Å²) in [4.78, 5) is 3.61. The van der Waals surface area contributed by atoms with E-state index in [1.807, 2.05) is 13.8 Å². The van der Waals surface area contributed by atoms with Crippen molar-refractivity contribution in [1.82, 2.24) is 4.98 Å². The maximum absolute atomic E-state index is 5.78. The highest BCUT2D eigenvalue weighted by Crippen LogP contribution is 2.13. The largest absolute Gasteiger partial charge is 0.395 e. The summed E-state index contributed by atoms with van der Waals surface area (Å²) in [5, 5.41) is 0. The highest BCUT2D eigenvalue weighted by Gasteiger charge is 2.30. The average molecular weight is 250 g/mol. The van der Waals surface area contributed by atoms with Crippen LogP contribution in [-0.4, -0.2) is 36.6 Å². The van der Waals surface area contributed by atoms with Crippen LogP contribution in [0.25, 0.3) is 0 Å². The van der Waals surface area contributed by atoms with Crippen LogP contribution >= 0.6 is 0 Å². The second-order valence-electron chi connectivity index (χ2n) is 4.93. The summed E-state index contributed by atoms with van der Waals surface area (Å²) in [6.07, 6.45) is 0. The van der Waals surface area contributed by atoms with Crippen LogP contribution in [-0.2, 0) is 8.85 Å². The predicted molar refractivity (Wildman–Crippen MR) is 71.0 cm³/mol. The summed E-state index contributed by atoms with van der Waals surface area (Å²) >= 11 is 0. The molecule has 1 N–H and O–H groups in total. The van der Waals surface area contributed by atoms with E-state index in [4.69, 9.17) is 8.85 Å². The summed E-state index contributed by atoms with van der Waals surface area (Å²) in [5.74, 6) is 0. The third-order valence-corrected chi connectivity index (χ3v) is 6.40. The molecule has 0 atom stereocenters. The van der Waals surface area contributed by atoms with Crippen molar-refractivity contribution in [3.63, 3.8) is 0 Å². The summed E-state index contributed by atoms with van der Waals surface area (Å²) in [7, 11) is -3.03. The van der Waals surface area contributed by atoms with Crippen LogP contribution in [0.3, 0.4) is 0 Å². The molecule has 0 aromatic rings. The van der Waals surface area contributed by atoms with Gasteiger partial charge in [-0.3, -0.25) is 0 Å². The number of hydrogen-bond donors (Lipinski definition) is 1. The molecule has 0 radical (unpaired) electrons. The van der Waals surface area contributed by atoms with Crippen LogP contribution in [0.4, 0.5) is 0 Å². The van der Waals surface area contributed by atoms with Crippen LogP contribution in [0.2, 0.25) is 32.2 Å². The van der Waals surface area contributed by atoms with Gasteiger partial charge in [0.2, 0.25) is 0 Å². The molecular formula is C10H27NO2Si2. The van der Waals surface area contributed by atoms with E-state index in [1.165, 1.54) is 0 Å². The molecule has 0 aliphatic rings. The van der Waals surface area contributed by atoms with E-state index >= 15 is 0 Å². The monoisotopic (exact) mass is 249 g/mol. The molecule has 3 nitrogen and oxygen atoms in total. The first-order valence-corrected chi connectivity index (χ1v) is 11.9. The van der Waals surface area contributed by atoms with Gasteiger partial charge in [-0.1, -0.05) is 19.6 Å². The Morgan fingerprint density at radius 1 is 0.933 bits per heavy atom. The molecule has 0 unspecified atom stereocenters. The topological polar surface area (TPSA) is 30.5 Å². The van der Waals surface area contributed by atoms with Crippen LogP contribution < -0.4 is 4.98 Å². The van der Waals surface area contributed by atoms with Gasteiger partial charge in [0.15, 0.2) is 0 Å². The van der Waals surface area contributed by atoms with Crippen molar-refractivity contribution in [2.45, 2.75) is 46.1 Å². The van der Waals surface area contributed by atoms with Crippen molar-refractivity contribution in [3.8, 4) is 0 Å². The molecule has 15 heavy (non-hydrogen) atoms. The molecule has 92 valence electrons. The molecule has 0 aromatic heterocycles. The molecule has 0 spiro atoms. The zero-order valence-electron chi connectivity index (χ0n) is 11.1. The SMILES string of the molecule is CCO[Si](C)(CCN[Si](C)(C)C)OCC. The number of nitrogens with one attached hydrogen (secondary N) is 1. The molecule has 5 heteroatoms. The Morgan fingerprint density at radius 2 is 1.40 bits per heavy atom. The lowest BCUT2D eigenvalue weighted by Crippen LogP contribution is -2.47. The second-order valence-corrected chi connectivity index (χ2v) is 13.1. The minimum atomic E-state index is -1.89. The quantitative estimate of drug-likeness (QED) is 0.671. The second kappa shape index (κ2) is 6.80. The molecule has 0 fully saturated rings. The van der Waals surface area contributed by atoms with E-state index < -0.39 is 16.8 Å². The Hall–Kier alpha value is 0.314. The number of hydrogen-bond acceptors (Lipinski definition) is 3. The van der Waals surface area contributed by atoms with Crippen molar-refractivity contribution < 1.29 is 8.85 Å². The van der Waals surface area contributed by atoms with E-state index in [0.717, 1.165) is 25.8 Å². The highest BCUT2D eigenvalue weighted by atomic mass is 28.4. The molecule has 0 aromatic carbocycles. The van der Waals surface area contributed by atoms with Crippen molar-refractivity contribution in [1.29, 1.82) is 0 Å². The maximum atomic E-state index is 5.78. The summed E-state index contributed by atoms with van der Waals surface area (Å²) < 4.78 is 11.6. The van der Waals surface area contributed by atoms with Gasteiger partial charge in [0.25, 0.3) is 0 Å². The molecule has 0 aliphatic carbocycles. The fourth-order valence-electron chi connectivity index (χ4n) is 1.46. The van der Waals surface area contributed by atoms with E-state index in [2.05, 4.69) is 31.2 Å². The first-order valence-electron chi connectivity index (χ1n) is 5.86. The van der Waals surface area contributed by atoms with Crippen LogP contribution in [0.1, 0.15) is 13.8 Å². The van der Waals surface area contributed by atoms with Gasteiger partial charge in [-0.05, 0) is 26.9 Å². The summed E-state index contributed by atoms with van der Waals surface area (Å²) in [6, 6.07) is 1.04. The van der Waals surface area contributed by atoms with Gasteiger partial charge < -0.3 is 13.8 Å². The Labute approximate surface area is 96.9 Å². The third kappa shape index (κ3) is 8.16. The van der Waals surface area contributed by atoms with Crippen LogP contribution in [0, 0.1) is 0 Å². The molecule has 0 rings (SSSR count). The van der Waals surface area contributed by atoms with Gasteiger partial charge >= 0.3 is 8.56 Å². The van der Waals surface area contributed by atoms with Crippen LogP contribution in [0.5, 0.6) is 0 Å². The lowest BCUT2D eigenvalue weighted by Gasteiger charge is -2.27. The van der Waals surface area contributed by atoms with Gasteiger partial charge in [-0.2, -0.15) is 0 Å². The summed E-state index contributed by atoms with van der Waals surface area (Å²) in [5.41, 5.74) is 0. The fourth-order valence-corrected chi connectivity index (χ4v) is 4.76. The Morgan fingerprint density at radius 3 is 1.73 bits per heavy atom. The Kier molecular flexibility index (Phi) is 6.94. The molecule has 0 amide bonds. The first-order chi connectivity index (χ1) is 6.83. The zero-order valence-corrected chi connectivity index (χ0v) is 13.1. The lowest BCUT2D eigenvalue weighted by atomic mass is 10.8. The van der Waals surface area contributed by atoms with Gasteiger partial charge in [0.1, 0.15) is 8.24 Å². The lowest BCUT2D eigenvalue weighted by molar-refractivity contribution is 0.189. The third-order valence-electron chi connectivity index (χ3n) is 2.13. The molecule has 0 saturated carbocycles. The van der Waals surface area contributed by atoms with E-state index in [-0.39, 0.29) is 0 Å². The van der Waals surface area contributed by atoms with Crippen molar-refractivity contribution in [2.75, 3.05) is 19.8 Å². The normalized spacial score (nSPS) is 13.2. The average Bonchev–Trinajstić information content (AvgIpc) is 2.01. The van der Waals surface area contributed by atoms with Gasteiger partial charge in [0.05, 0.1) is 0 Å². The number of rotatable bonds is 8. The predicted octanol–water partition coefficient (Wildman–Crippen LogP) is 2.56. The Balaban J connectivity index is 3.95. The minimum Gasteiger partial charge on any atom is -0.395 e. The summed E-state index contributed by atoms with van der Waals surface area (Å²) in [6.45, 7) is 15.7. The van der Waals surface area contributed by atoms with E-state index in [1.54, 1.807) is 0 Å². The zero-order chi connectivity index (χ0) is 11.9. The van der Waals surface area contributed by atoms with Crippen LogP contribution in [0.15, 0.2) is 0 Å². The smallest absolute Gasteiger partial charge is 0.336 e. The first kappa shape index (κ1) is 15.3.